The minimum Gasteiger partial charge on any atom is -0.486 e. The lowest BCUT2D eigenvalue weighted by Crippen LogP contribution is -2.17. The summed E-state index contributed by atoms with van der Waals surface area (Å²) in [6, 6.07) is 12.9. The highest BCUT2D eigenvalue weighted by Crippen LogP contribution is 2.38. The second kappa shape index (κ2) is 6.56. The van der Waals surface area contributed by atoms with Crippen LogP contribution in [0.5, 0.6) is 11.5 Å². The molecule has 1 aliphatic heterocycles. The Bertz CT molecular complexity index is 927. The second-order valence-electron chi connectivity index (χ2n) is 5.28. The van der Waals surface area contributed by atoms with Crippen molar-refractivity contribution in [3.8, 4) is 17.2 Å². The molecule has 0 unspecified atom stereocenters. The molecule has 1 amide bonds. The summed E-state index contributed by atoms with van der Waals surface area (Å²) in [6.45, 7) is 0.987. The van der Waals surface area contributed by atoms with E-state index < -0.39 is 0 Å². The summed E-state index contributed by atoms with van der Waals surface area (Å²) in [6.07, 6.45) is 1.42. The molecule has 126 valence electrons. The number of ether oxygens (including phenoxy) is 2. The van der Waals surface area contributed by atoms with Gasteiger partial charge in [0.15, 0.2) is 17.2 Å². The highest BCUT2D eigenvalue weighted by atomic mass is 79.9. The summed E-state index contributed by atoms with van der Waals surface area (Å²) in [4.78, 5) is 13.9. The van der Waals surface area contributed by atoms with Gasteiger partial charge in [-0.15, -0.1) is 5.10 Å². The van der Waals surface area contributed by atoms with E-state index in [0.717, 1.165) is 5.69 Å². The third kappa shape index (κ3) is 3.20. The molecule has 0 fully saturated rings. The van der Waals surface area contributed by atoms with E-state index in [1.807, 2.05) is 30.3 Å². The molecule has 1 aromatic heterocycles. The summed E-state index contributed by atoms with van der Waals surface area (Å²) in [7, 11) is 0. The average molecular weight is 401 g/mol. The Balaban J connectivity index is 1.56. The van der Waals surface area contributed by atoms with Crippen LogP contribution >= 0.6 is 15.9 Å². The standard InChI is InChI=1S/C17H13BrN4O3/c18-12-8-15-16(25-7-6-24-15)9-13(12)20-17(23)14-10-19-22(21-14)11-4-2-1-3-5-11/h1-5,8-10H,6-7H2,(H,20,23). The number of rotatable bonds is 3. The topological polar surface area (TPSA) is 78.3 Å². The number of halogens is 1. The quantitative estimate of drug-likeness (QED) is 0.730. The molecule has 2 aromatic carbocycles. The lowest BCUT2D eigenvalue weighted by atomic mass is 10.2. The van der Waals surface area contributed by atoms with Crippen molar-refractivity contribution in [1.82, 2.24) is 15.0 Å². The van der Waals surface area contributed by atoms with Crippen LogP contribution in [0.25, 0.3) is 5.69 Å². The predicted molar refractivity (Wildman–Crippen MR) is 94.4 cm³/mol. The second-order valence-corrected chi connectivity index (χ2v) is 6.14. The molecule has 4 rings (SSSR count). The van der Waals surface area contributed by atoms with Gasteiger partial charge < -0.3 is 14.8 Å². The van der Waals surface area contributed by atoms with Gasteiger partial charge in [-0.25, -0.2) is 0 Å². The Morgan fingerprint density at radius 2 is 1.84 bits per heavy atom. The SMILES string of the molecule is O=C(Nc1cc2c(cc1Br)OCCO2)c1cnn(-c2ccccc2)n1. The summed E-state index contributed by atoms with van der Waals surface area (Å²) >= 11 is 3.43. The van der Waals surface area contributed by atoms with E-state index in [1.165, 1.54) is 11.0 Å². The van der Waals surface area contributed by atoms with Crippen LogP contribution in [0, 0.1) is 0 Å². The molecule has 0 saturated carbocycles. The Morgan fingerprint density at radius 3 is 2.60 bits per heavy atom. The minimum absolute atomic E-state index is 0.214. The zero-order valence-corrected chi connectivity index (χ0v) is 14.6. The first-order valence-corrected chi connectivity index (χ1v) is 8.38. The molecule has 0 radical (unpaired) electrons. The molecule has 0 atom stereocenters. The van der Waals surface area contributed by atoms with Gasteiger partial charge in [0.05, 0.1) is 17.6 Å². The largest absolute Gasteiger partial charge is 0.486 e. The van der Waals surface area contributed by atoms with Gasteiger partial charge in [-0.1, -0.05) is 18.2 Å². The number of para-hydroxylation sites is 1. The highest BCUT2D eigenvalue weighted by Gasteiger charge is 2.18. The number of fused-ring (bicyclic) bond motifs is 1. The monoisotopic (exact) mass is 400 g/mol. The van der Waals surface area contributed by atoms with E-state index >= 15 is 0 Å². The fraction of sp³-hybridized carbons (Fsp3) is 0.118. The van der Waals surface area contributed by atoms with Crippen LogP contribution in [0.2, 0.25) is 0 Å². The normalized spacial score (nSPS) is 12.7. The predicted octanol–water partition coefficient (Wildman–Crippen LogP) is 3.05. The fourth-order valence-electron chi connectivity index (χ4n) is 2.40. The van der Waals surface area contributed by atoms with Gasteiger partial charge in [0.1, 0.15) is 13.2 Å². The average Bonchev–Trinajstić information content (AvgIpc) is 3.13. The number of hydrogen-bond acceptors (Lipinski definition) is 5. The molecular formula is C17H13BrN4O3. The first kappa shape index (κ1) is 15.6. The smallest absolute Gasteiger partial charge is 0.277 e. The van der Waals surface area contributed by atoms with E-state index in [-0.39, 0.29) is 11.6 Å². The highest BCUT2D eigenvalue weighted by molar-refractivity contribution is 9.10. The van der Waals surface area contributed by atoms with Gasteiger partial charge >= 0.3 is 0 Å². The first-order chi connectivity index (χ1) is 12.2. The van der Waals surface area contributed by atoms with Gasteiger partial charge in [-0.3, -0.25) is 4.79 Å². The van der Waals surface area contributed by atoms with Gasteiger partial charge in [-0.05, 0) is 28.1 Å². The molecule has 25 heavy (non-hydrogen) atoms. The van der Waals surface area contributed by atoms with Gasteiger partial charge in [0.2, 0.25) is 0 Å². The maximum atomic E-state index is 12.5. The van der Waals surface area contributed by atoms with E-state index in [2.05, 4.69) is 31.4 Å². The maximum absolute atomic E-state index is 12.5. The van der Waals surface area contributed by atoms with Crippen molar-refractivity contribution in [1.29, 1.82) is 0 Å². The minimum atomic E-state index is -0.362. The molecule has 1 aliphatic rings. The summed E-state index contributed by atoms with van der Waals surface area (Å²) < 4.78 is 11.7. The molecule has 2 heterocycles. The number of benzene rings is 2. The Kier molecular flexibility index (Phi) is 4.10. The summed E-state index contributed by atoms with van der Waals surface area (Å²) in [5.74, 6) is 0.878. The zero-order chi connectivity index (χ0) is 17.2. The molecule has 8 heteroatoms. The van der Waals surface area contributed by atoms with Crippen molar-refractivity contribution < 1.29 is 14.3 Å². The van der Waals surface area contributed by atoms with Crippen LogP contribution in [-0.2, 0) is 0 Å². The number of carbonyl (C=O) groups is 1. The summed E-state index contributed by atoms with van der Waals surface area (Å²) in [5.41, 5.74) is 1.57. The molecule has 3 aromatic rings. The first-order valence-electron chi connectivity index (χ1n) is 7.59. The van der Waals surface area contributed by atoms with E-state index in [1.54, 1.807) is 12.1 Å². The molecular weight excluding hydrogens is 388 g/mol. The van der Waals surface area contributed by atoms with Crippen LogP contribution < -0.4 is 14.8 Å². The molecule has 0 spiro atoms. The Hall–Kier alpha value is -2.87. The van der Waals surface area contributed by atoms with Crippen LogP contribution in [0.3, 0.4) is 0 Å². The van der Waals surface area contributed by atoms with Crippen LogP contribution in [0.1, 0.15) is 10.5 Å². The molecule has 0 bridgehead atoms. The van der Waals surface area contributed by atoms with Crippen LogP contribution in [0.15, 0.2) is 53.1 Å². The van der Waals surface area contributed by atoms with Crippen molar-refractivity contribution in [2.75, 3.05) is 18.5 Å². The number of aromatic nitrogens is 3. The number of hydrogen-bond donors (Lipinski definition) is 1. The number of nitrogens with one attached hydrogen (secondary N) is 1. The van der Waals surface area contributed by atoms with Gasteiger partial charge in [0.25, 0.3) is 5.91 Å². The Labute approximate surface area is 151 Å². The third-order valence-corrected chi connectivity index (χ3v) is 4.25. The van der Waals surface area contributed by atoms with E-state index in [9.17, 15) is 4.79 Å². The van der Waals surface area contributed by atoms with E-state index in [0.29, 0.717) is 34.9 Å². The third-order valence-electron chi connectivity index (χ3n) is 3.59. The molecule has 0 aliphatic carbocycles. The Morgan fingerprint density at radius 1 is 1.12 bits per heavy atom. The van der Waals surface area contributed by atoms with Crippen molar-refractivity contribution >= 4 is 27.5 Å². The number of anilines is 1. The van der Waals surface area contributed by atoms with Gasteiger partial charge in [-0.2, -0.15) is 9.90 Å². The van der Waals surface area contributed by atoms with Gasteiger partial charge in [0, 0.05) is 16.6 Å². The number of nitrogens with zero attached hydrogens (tertiary/aromatic N) is 3. The van der Waals surface area contributed by atoms with Crippen molar-refractivity contribution in [3.05, 3.63) is 58.8 Å². The maximum Gasteiger partial charge on any atom is 0.277 e. The van der Waals surface area contributed by atoms with Crippen molar-refractivity contribution in [3.63, 3.8) is 0 Å². The zero-order valence-electron chi connectivity index (χ0n) is 13.0. The summed E-state index contributed by atoms with van der Waals surface area (Å²) in [5, 5.41) is 11.2. The van der Waals surface area contributed by atoms with Crippen LogP contribution in [-0.4, -0.2) is 34.1 Å². The lowest BCUT2D eigenvalue weighted by molar-refractivity contribution is 0.102. The number of carbonyl (C=O) groups excluding carboxylic acids is 1. The lowest BCUT2D eigenvalue weighted by Gasteiger charge is -2.19. The molecule has 1 N–H and O–H groups in total. The van der Waals surface area contributed by atoms with Crippen molar-refractivity contribution in [2.24, 2.45) is 0 Å². The van der Waals surface area contributed by atoms with Crippen molar-refractivity contribution in [2.45, 2.75) is 0 Å². The molecule has 0 saturated heterocycles. The molecule has 7 nitrogen and oxygen atoms in total. The number of amides is 1. The van der Waals surface area contributed by atoms with Crippen LogP contribution in [0.4, 0.5) is 5.69 Å². The van der Waals surface area contributed by atoms with E-state index in [4.69, 9.17) is 9.47 Å². The fourth-order valence-corrected chi connectivity index (χ4v) is 2.82.